The first-order chi connectivity index (χ1) is 11.2. The van der Waals surface area contributed by atoms with Crippen molar-refractivity contribution in [1.82, 2.24) is 15.0 Å². The highest BCUT2D eigenvalue weighted by Crippen LogP contribution is 2.32. The molecule has 1 saturated carbocycles. The number of nitrogens with zero attached hydrogens (tertiary/aromatic N) is 3. The van der Waals surface area contributed by atoms with Gasteiger partial charge in [-0.1, -0.05) is 18.0 Å². The number of ether oxygens (including phenoxy) is 1. The predicted molar refractivity (Wildman–Crippen MR) is 81.8 cm³/mol. The molecule has 2 heterocycles. The van der Waals surface area contributed by atoms with E-state index in [-0.39, 0.29) is 24.7 Å². The fourth-order valence-corrected chi connectivity index (χ4v) is 3.60. The van der Waals surface area contributed by atoms with Crippen molar-refractivity contribution in [2.45, 2.75) is 63.0 Å². The molecule has 0 radical (unpaired) electrons. The SMILES string of the molecule is CO[C@H]1C[C@@H](CO)N(C(=O)CCc2nc(C3CCCC3)no2)C1. The Morgan fingerprint density at radius 2 is 2.22 bits per heavy atom. The minimum absolute atomic E-state index is 0.00390. The van der Waals surface area contributed by atoms with Gasteiger partial charge in [0, 0.05) is 32.4 Å². The van der Waals surface area contributed by atoms with Gasteiger partial charge < -0.3 is 19.3 Å². The fraction of sp³-hybridized carbons (Fsp3) is 0.812. The van der Waals surface area contributed by atoms with Gasteiger partial charge in [0.25, 0.3) is 0 Å². The van der Waals surface area contributed by atoms with Crippen molar-refractivity contribution in [1.29, 1.82) is 0 Å². The summed E-state index contributed by atoms with van der Waals surface area (Å²) in [7, 11) is 1.63. The molecular weight excluding hydrogens is 298 g/mol. The summed E-state index contributed by atoms with van der Waals surface area (Å²) in [4.78, 5) is 18.5. The lowest BCUT2D eigenvalue weighted by Crippen LogP contribution is -2.38. The summed E-state index contributed by atoms with van der Waals surface area (Å²) in [5, 5.41) is 13.5. The standard InChI is InChI=1S/C16H25N3O4/c1-22-13-8-12(10-20)19(9-13)15(21)7-6-14-17-16(18-23-14)11-4-2-3-5-11/h11-13,20H,2-10H2,1H3/t12-,13-/m0/s1. The molecule has 1 aromatic rings. The average molecular weight is 323 g/mol. The largest absolute Gasteiger partial charge is 0.394 e. The molecule has 1 aliphatic heterocycles. The van der Waals surface area contributed by atoms with Crippen LogP contribution in [0.1, 0.15) is 56.2 Å². The number of carbonyl (C=O) groups is 1. The van der Waals surface area contributed by atoms with Gasteiger partial charge in [-0.25, -0.2) is 0 Å². The number of aromatic nitrogens is 2. The van der Waals surface area contributed by atoms with Crippen LogP contribution in [0.3, 0.4) is 0 Å². The molecule has 2 aliphatic rings. The van der Waals surface area contributed by atoms with Gasteiger partial charge in [-0.3, -0.25) is 4.79 Å². The van der Waals surface area contributed by atoms with E-state index in [4.69, 9.17) is 9.26 Å². The Labute approximate surface area is 136 Å². The third kappa shape index (κ3) is 3.72. The van der Waals surface area contributed by atoms with Crippen molar-refractivity contribution in [3.63, 3.8) is 0 Å². The quantitative estimate of drug-likeness (QED) is 0.848. The fourth-order valence-electron chi connectivity index (χ4n) is 3.60. The number of amides is 1. The van der Waals surface area contributed by atoms with E-state index in [9.17, 15) is 9.90 Å². The maximum Gasteiger partial charge on any atom is 0.227 e. The molecule has 0 unspecified atom stereocenters. The lowest BCUT2D eigenvalue weighted by atomic mass is 10.1. The second kappa shape index (κ2) is 7.40. The highest BCUT2D eigenvalue weighted by Gasteiger charge is 2.34. The molecular formula is C16H25N3O4. The lowest BCUT2D eigenvalue weighted by molar-refractivity contribution is -0.133. The molecule has 1 N–H and O–H groups in total. The molecule has 23 heavy (non-hydrogen) atoms. The van der Waals surface area contributed by atoms with Gasteiger partial charge >= 0.3 is 0 Å². The first-order valence-corrected chi connectivity index (χ1v) is 8.47. The Balaban J connectivity index is 1.52. The number of aryl methyl sites for hydroxylation is 1. The zero-order chi connectivity index (χ0) is 16.2. The molecule has 7 heteroatoms. The van der Waals surface area contributed by atoms with E-state index in [0.29, 0.717) is 37.6 Å². The number of carbonyl (C=O) groups excluding carboxylic acids is 1. The summed E-state index contributed by atoms with van der Waals surface area (Å²) in [5.41, 5.74) is 0. The maximum atomic E-state index is 12.4. The van der Waals surface area contributed by atoms with Crippen LogP contribution in [-0.4, -0.2) is 58.5 Å². The molecule has 1 aliphatic carbocycles. The van der Waals surface area contributed by atoms with Gasteiger partial charge in [0.1, 0.15) is 0 Å². The summed E-state index contributed by atoms with van der Waals surface area (Å²) >= 11 is 0. The topological polar surface area (TPSA) is 88.7 Å². The Kier molecular flexibility index (Phi) is 5.27. The predicted octanol–water partition coefficient (Wildman–Crippen LogP) is 1.27. The molecule has 0 aromatic carbocycles. The zero-order valence-electron chi connectivity index (χ0n) is 13.6. The molecule has 0 bridgehead atoms. The van der Waals surface area contributed by atoms with Gasteiger partial charge in [0.15, 0.2) is 5.82 Å². The van der Waals surface area contributed by atoms with Crippen LogP contribution in [0.5, 0.6) is 0 Å². The first-order valence-electron chi connectivity index (χ1n) is 8.47. The minimum Gasteiger partial charge on any atom is -0.394 e. The van der Waals surface area contributed by atoms with Gasteiger partial charge in [0.05, 0.1) is 18.8 Å². The van der Waals surface area contributed by atoms with E-state index in [1.54, 1.807) is 12.0 Å². The van der Waals surface area contributed by atoms with Crippen molar-refractivity contribution < 1.29 is 19.2 Å². The van der Waals surface area contributed by atoms with Crippen LogP contribution < -0.4 is 0 Å². The molecule has 1 saturated heterocycles. The molecule has 1 aromatic heterocycles. The monoisotopic (exact) mass is 323 g/mol. The van der Waals surface area contributed by atoms with Crippen LogP contribution in [0, 0.1) is 0 Å². The molecule has 7 nitrogen and oxygen atoms in total. The van der Waals surface area contributed by atoms with Crippen LogP contribution >= 0.6 is 0 Å². The molecule has 1 amide bonds. The second-order valence-corrected chi connectivity index (χ2v) is 6.50. The van der Waals surface area contributed by atoms with Crippen LogP contribution in [0.25, 0.3) is 0 Å². The smallest absolute Gasteiger partial charge is 0.227 e. The number of aliphatic hydroxyl groups is 1. The lowest BCUT2D eigenvalue weighted by Gasteiger charge is -2.22. The van der Waals surface area contributed by atoms with E-state index >= 15 is 0 Å². The van der Waals surface area contributed by atoms with E-state index in [2.05, 4.69) is 10.1 Å². The van der Waals surface area contributed by atoms with Crippen molar-refractivity contribution in [3.8, 4) is 0 Å². The number of aliphatic hydroxyl groups excluding tert-OH is 1. The third-order valence-electron chi connectivity index (χ3n) is 5.00. The van der Waals surface area contributed by atoms with Gasteiger partial charge in [-0.15, -0.1) is 0 Å². The number of rotatable bonds is 6. The van der Waals surface area contributed by atoms with Crippen LogP contribution in [0.2, 0.25) is 0 Å². The van der Waals surface area contributed by atoms with Crippen LogP contribution in [-0.2, 0) is 16.0 Å². The van der Waals surface area contributed by atoms with E-state index in [1.165, 1.54) is 12.8 Å². The highest BCUT2D eigenvalue weighted by atomic mass is 16.5. The molecule has 2 fully saturated rings. The number of likely N-dealkylation sites (tertiary alicyclic amines) is 1. The zero-order valence-corrected chi connectivity index (χ0v) is 13.6. The maximum absolute atomic E-state index is 12.4. The number of hydrogen-bond acceptors (Lipinski definition) is 6. The van der Waals surface area contributed by atoms with Crippen molar-refractivity contribution in [2.24, 2.45) is 0 Å². The van der Waals surface area contributed by atoms with E-state index in [1.807, 2.05) is 0 Å². The Hall–Kier alpha value is -1.47. The Morgan fingerprint density at radius 3 is 2.91 bits per heavy atom. The number of methoxy groups -OCH3 is 1. The summed E-state index contributed by atoms with van der Waals surface area (Å²) in [6, 6.07) is -0.149. The van der Waals surface area contributed by atoms with Crippen molar-refractivity contribution in [3.05, 3.63) is 11.7 Å². The molecule has 0 spiro atoms. The highest BCUT2D eigenvalue weighted by molar-refractivity contribution is 5.77. The van der Waals surface area contributed by atoms with Crippen molar-refractivity contribution >= 4 is 5.91 Å². The normalized spacial score (nSPS) is 25.4. The summed E-state index contributed by atoms with van der Waals surface area (Å²) < 4.78 is 10.6. The first kappa shape index (κ1) is 16.4. The van der Waals surface area contributed by atoms with Gasteiger partial charge in [-0.2, -0.15) is 4.98 Å². The average Bonchev–Trinajstić information content (AvgIpc) is 3.31. The summed E-state index contributed by atoms with van der Waals surface area (Å²) in [5.74, 6) is 1.74. The molecule has 3 rings (SSSR count). The Morgan fingerprint density at radius 1 is 1.43 bits per heavy atom. The molecule has 2 atom stereocenters. The van der Waals surface area contributed by atoms with E-state index < -0.39 is 0 Å². The number of hydrogen-bond donors (Lipinski definition) is 1. The van der Waals surface area contributed by atoms with Crippen LogP contribution in [0.4, 0.5) is 0 Å². The van der Waals surface area contributed by atoms with E-state index in [0.717, 1.165) is 18.7 Å². The minimum atomic E-state index is -0.149. The second-order valence-electron chi connectivity index (χ2n) is 6.50. The summed E-state index contributed by atoms with van der Waals surface area (Å²) in [6.45, 7) is 0.510. The van der Waals surface area contributed by atoms with Gasteiger partial charge in [-0.05, 0) is 19.3 Å². The van der Waals surface area contributed by atoms with Crippen LogP contribution in [0.15, 0.2) is 4.52 Å². The third-order valence-corrected chi connectivity index (χ3v) is 5.00. The summed E-state index contributed by atoms with van der Waals surface area (Å²) in [6.07, 6.45) is 6.17. The Bertz CT molecular complexity index is 527. The van der Waals surface area contributed by atoms with Gasteiger partial charge in [0.2, 0.25) is 11.8 Å². The van der Waals surface area contributed by atoms with Crippen molar-refractivity contribution in [2.75, 3.05) is 20.3 Å². The molecule has 128 valence electrons.